The van der Waals surface area contributed by atoms with Gasteiger partial charge >= 0.3 is 12.1 Å². The molecule has 0 radical (unpaired) electrons. The molecule has 2 aliphatic rings. The van der Waals surface area contributed by atoms with E-state index < -0.39 is 101 Å². The van der Waals surface area contributed by atoms with Gasteiger partial charge in [-0.25, -0.2) is 9.59 Å². The smallest absolute Gasteiger partial charge is 0.408 e. The Morgan fingerprint density at radius 2 is 1.32 bits per heavy atom. The summed E-state index contributed by atoms with van der Waals surface area (Å²) >= 11 is 0. The first-order chi connectivity index (χ1) is 32.1. The van der Waals surface area contributed by atoms with Crippen molar-refractivity contribution in [2.24, 2.45) is 17.6 Å². The van der Waals surface area contributed by atoms with Crippen LogP contribution in [0.1, 0.15) is 105 Å². The third-order valence-electron chi connectivity index (χ3n) is 11.2. The molecule has 20 nitrogen and oxygen atoms in total. The molecule has 8 N–H and O–H groups in total. The predicted molar refractivity (Wildman–Crippen MR) is 247 cm³/mol. The lowest BCUT2D eigenvalue weighted by Crippen LogP contribution is -2.60. The Morgan fingerprint density at radius 1 is 0.750 bits per heavy atom. The van der Waals surface area contributed by atoms with E-state index in [-0.39, 0.29) is 69.7 Å². The number of amides is 8. The lowest BCUT2D eigenvalue weighted by molar-refractivity contribution is -0.199. The van der Waals surface area contributed by atoms with Gasteiger partial charge < -0.3 is 51.9 Å². The van der Waals surface area contributed by atoms with Crippen molar-refractivity contribution in [2.75, 3.05) is 13.1 Å². The van der Waals surface area contributed by atoms with Crippen molar-refractivity contribution in [1.29, 1.82) is 0 Å². The molecule has 0 bridgehead atoms. The molecule has 20 heteroatoms. The van der Waals surface area contributed by atoms with Crippen LogP contribution >= 0.6 is 0 Å². The quantitative estimate of drug-likeness (QED) is 0.0834. The van der Waals surface area contributed by atoms with Crippen LogP contribution in [-0.2, 0) is 60.8 Å². The molecule has 4 rings (SSSR count). The zero-order valence-corrected chi connectivity index (χ0v) is 40.0. The normalized spacial score (nSPS) is 17.2. The van der Waals surface area contributed by atoms with Gasteiger partial charge in [0.15, 0.2) is 0 Å². The maximum Gasteiger partial charge on any atom is 0.408 e. The molecule has 0 unspecified atom stereocenters. The van der Waals surface area contributed by atoms with E-state index in [0.29, 0.717) is 29.0 Å². The lowest BCUT2D eigenvalue weighted by Gasteiger charge is -2.31. The highest BCUT2D eigenvalue weighted by molar-refractivity contribution is 6.02. The van der Waals surface area contributed by atoms with Crippen LogP contribution in [0.25, 0.3) is 0 Å². The van der Waals surface area contributed by atoms with E-state index in [1.807, 2.05) is 13.8 Å². The molecule has 2 aliphatic heterocycles. The number of likely N-dealkylation sites (tertiary alicyclic amines) is 1. The number of alkyl carbamates (subject to hydrolysis) is 1. The summed E-state index contributed by atoms with van der Waals surface area (Å²) in [6.45, 7) is 12.4. The zero-order valence-electron chi connectivity index (χ0n) is 40.0. The first-order valence-corrected chi connectivity index (χ1v) is 23.2. The molecule has 68 heavy (non-hydrogen) atoms. The number of imide groups is 1. The topological polar surface area (TPSA) is 285 Å². The number of carbonyl (C=O) groups is 9. The third-order valence-corrected chi connectivity index (χ3v) is 11.2. The minimum atomic E-state index is -1.35. The molecule has 2 aromatic rings. The van der Waals surface area contributed by atoms with E-state index in [2.05, 4.69) is 26.6 Å². The number of hydrogen-bond acceptors (Lipinski definition) is 13. The van der Waals surface area contributed by atoms with Crippen LogP contribution < -0.4 is 32.3 Å². The molecule has 0 saturated carbocycles. The zero-order chi connectivity index (χ0) is 50.3. The monoisotopic (exact) mass is 948 g/mol. The summed E-state index contributed by atoms with van der Waals surface area (Å²) in [5, 5.41) is 23.9. The Bertz CT molecular complexity index is 2090. The summed E-state index contributed by atoms with van der Waals surface area (Å²) in [5.74, 6) is -6.60. The van der Waals surface area contributed by atoms with Crippen LogP contribution in [0.4, 0.5) is 4.79 Å². The summed E-state index contributed by atoms with van der Waals surface area (Å²) in [4.78, 5) is 128. The fraction of sp³-hybridized carbons (Fsp3) is 0.562. The van der Waals surface area contributed by atoms with Crippen LogP contribution in [-0.4, -0.2) is 123 Å². The van der Waals surface area contributed by atoms with Gasteiger partial charge in [0.05, 0.1) is 0 Å². The summed E-state index contributed by atoms with van der Waals surface area (Å²) in [6.07, 6.45) is 0.151. The van der Waals surface area contributed by atoms with E-state index in [1.165, 1.54) is 17.0 Å². The second-order valence-corrected chi connectivity index (χ2v) is 18.9. The maximum absolute atomic E-state index is 14.7. The molecule has 2 saturated heterocycles. The molecular weight excluding hydrogens is 881 g/mol. The average Bonchev–Trinajstić information content (AvgIpc) is 3.89. The Hall–Kier alpha value is -6.57. The molecule has 2 aromatic carbocycles. The van der Waals surface area contributed by atoms with E-state index >= 15 is 0 Å². The standard InChI is InChI=1S/C48H68N8O12/c1-28(2)25-34(50-41(60)33(15-11-23-49)53-47(66)67-48(5,6)7)42(61)52-36(27-30-13-9-8-10-14-30)45(64)55-24-12-16-37(55)44(63)51-35(26-31-17-19-32(57)20-18-31)43(62)54-40(29(3)4)46(65)68-56-38(58)21-22-39(56)59/h8-10,13-14,17-20,28-29,33-37,40,57H,11-12,15-16,21-27,49H2,1-7H3,(H,50,60)(H,51,63)(H,52,61)(H,53,66)(H,54,62)/t33-,34-,35+,36+,37-,40-/m0/s1. The first-order valence-electron chi connectivity index (χ1n) is 23.2. The van der Waals surface area contributed by atoms with Crippen molar-refractivity contribution in [1.82, 2.24) is 36.5 Å². The molecule has 6 atom stereocenters. The van der Waals surface area contributed by atoms with Crippen molar-refractivity contribution >= 4 is 53.4 Å². The molecular formula is C48H68N8O12. The number of hydroxylamine groups is 2. The van der Waals surface area contributed by atoms with Crippen LogP contribution in [0.5, 0.6) is 5.75 Å². The highest BCUT2D eigenvalue weighted by atomic mass is 16.7. The Morgan fingerprint density at radius 3 is 1.91 bits per heavy atom. The summed E-state index contributed by atoms with van der Waals surface area (Å²) < 4.78 is 5.37. The first kappa shape index (κ1) is 54.0. The van der Waals surface area contributed by atoms with Crippen molar-refractivity contribution in [3.8, 4) is 5.75 Å². The molecule has 2 fully saturated rings. The lowest BCUT2D eigenvalue weighted by atomic mass is 9.99. The van der Waals surface area contributed by atoms with Gasteiger partial charge in [-0.3, -0.25) is 33.6 Å². The van der Waals surface area contributed by atoms with Crippen molar-refractivity contribution in [2.45, 2.75) is 148 Å². The highest BCUT2D eigenvalue weighted by Gasteiger charge is 2.41. The average molecular weight is 949 g/mol. The van der Waals surface area contributed by atoms with E-state index in [4.69, 9.17) is 15.3 Å². The van der Waals surface area contributed by atoms with Crippen molar-refractivity contribution in [3.63, 3.8) is 0 Å². The number of aromatic hydroxyl groups is 1. The summed E-state index contributed by atoms with van der Waals surface area (Å²) in [6, 6.07) is 7.59. The van der Waals surface area contributed by atoms with Gasteiger partial charge in [-0.1, -0.05) is 70.2 Å². The van der Waals surface area contributed by atoms with E-state index in [9.17, 15) is 48.3 Å². The van der Waals surface area contributed by atoms with Gasteiger partial charge in [0.25, 0.3) is 11.8 Å². The number of hydrogen-bond donors (Lipinski definition) is 7. The van der Waals surface area contributed by atoms with Crippen LogP contribution in [0.15, 0.2) is 54.6 Å². The number of ether oxygens (including phenoxy) is 1. The van der Waals surface area contributed by atoms with Crippen LogP contribution in [0.2, 0.25) is 0 Å². The van der Waals surface area contributed by atoms with Gasteiger partial charge in [0.1, 0.15) is 47.6 Å². The number of rotatable bonds is 22. The Kier molecular flexibility index (Phi) is 19.9. The molecule has 372 valence electrons. The number of nitrogens with one attached hydrogen (secondary N) is 5. The molecule has 2 heterocycles. The molecule has 0 spiro atoms. The third kappa shape index (κ3) is 16.3. The van der Waals surface area contributed by atoms with Gasteiger partial charge in [-0.2, -0.15) is 0 Å². The SMILES string of the molecule is CC(C)C[C@H](NC(=O)[C@H](CCCN)NC(=O)OC(C)(C)C)C(=O)N[C@H](Cc1ccccc1)C(=O)N1CCC[C@H]1C(=O)N[C@H](Cc1ccc(O)cc1)C(=O)N[C@H](C(=O)ON1C(=O)CCC1=O)C(C)C. The van der Waals surface area contributed by atoms with Gasteiger partial charge in [0.2, 0.25) is 29.5 Å². The number of phenolic OH excluding ortho intramolecular Hbond substituents is 1. The highest BCUT2D eigenvalue weighted by Crippen LogP contribution is 2.22. The van der Waals surface area contributed by atoms with Gasteiger partial charge in [-0.15, -0.1) is 5.06 Å². The van der Waals surface area contributed by atoms with Crippen LogP contribution in [0, 0.1) is 11.8 Å². The predicted octanol–water partition coefficient (Wildman–Crippen LogP) is 2.05. The van der Waals surface area contributed by atoms with E-state index in [1.54, 1.807) is 77.1 Å². The largest absolute Gasteiger partial charge is 0.508 e. The van der Waals surface area contributed by atoms with Crippen molar-refractivity contribution in [3.05, 3.63) is 65.7 Å². The number of benzene rings is 2. The van der Waals surface area contributed by atoms with Crippen LogP contribution in [0.3, 0.4) is 0 Å². The second-order valence-electron chi connectivity index (χ2n) is 18.9. The van der Waals surface area contributed by atoms with Gasteiger partial charge in [0, 0.05) is 32.2 Å². The summed E-state index contributed by atoms with van der Waals surface area (Å²) in [7, 11) is 0. The van der Waals surface area contributed by atoms with E-state index in [0.717, 1.165) is 0 Å². The number of nitrogens with two attached hydrogens (primary N) is 1. The maximum atomic E-state index is 14.7. The molecule has 0 aromatic heterocycles. The number of carbonyl (C=O) groups excluding carboxylic acids is 9. The molecule has 8 amide bonds. The fourth-order valence-corrected chi connectivity index (χ4v) is 7.74. The second kappa shape index (κ2) is 25.0. The Balaban J connectivity index is 1.58. The van der Waals surface area contributed by atoms with Gasteiger partial charge in [-0.05, 0) is 94.5 Å². The number of nitrogens with zero attached hydrogens (tertiary/aromatic N) is 2. The molecule has 0 aliphatic carbocycles. The minimum absolute atomic E-state index is 0.0190. The fourth-order valence-electron chi connectivity index (χ4n) is 7.74. The summed E-state index contributed by atoms with van der Waals surface area (Å²) in [5.41, 5.74) is 6.12. The Labute approximate surface area is 397 Å². The van der Waals surface area contributed by atoms with Crippen molar-refractivity contribution < 1.29 is 57.8 Å². The number of phenols is 1. The minimum Gasteiger partial charge on any atom is -0.508 e.